The number of nitrogens with zero attached hydrogens (tertiary/aromatic N) is 1. The fraction of sp³-hybridized carbons (Fsp3) is 0.261. The molecule has 1 aliphatic rings. The molecule has 1 aliphatic heterocycles. The van der Waals surface area contributed by atoms with Crippen molar-refractivity contribution >= 4 is 22.7 Å². The van der Waals surface area contributed by atoms with E-state index in [2.05, 4.69) is 9.97 Å². The number of hydrogen-bond acceptors (Lipinski definition) is 7. The number of aliphatic hydroxyl groups is 1. The first-order chi connectivity index (χ1) is 14.8. The van der Waals surface area contributed by atoms with Crippen LogP contribution < -0.4 is 4.74 Å². The third kappa shape index (κ3) is 3.44. The maximum atomic E-state index is 12.1. The van der Waals surface area contributed by atoms with Crippen LogP contribution in [0.5, 0.6) is 5.75 Å². The third-order valence-electron chi connectivity index (χ3n) is 5.68. The molecule has 2 aromatic carbocycles. The summed E-state index contributed by atoms with van der Waals surface area (Å²) >= 11 is 0. The van der Waals surface area contributed by atoms with Gasteiger partial charge in [-0.1, -0.05) is 18.2 Å². The summed E-state index contributed by atoms with van der Waals surface area (Å²) in [6, 6.07) is 11.1. The molecule has 1 aromatic heterocycles. The average Bonchev–Trinajstić information content (AvgIpc) is 3.25. The highest BCUT2D eigenvalue weighted by molar-refractivity contribution is 5.93. The summed E-state index contributed by atoms with van der Waals surface area (Å²) in [4.78, 5) is 31.0. The molecular formula is C23H22N2O6. The van der Waals surface area contributed by atoms with Gasteiger partial charge in [-0.05, 0) is 48.4 Å². The molecule has 0 amide bonds. The van der Waals surface area contributed by atoms with Crippen LogP contribution in [0.15, 0.2) is 61.1 Å². The van der Waals surface area contributed by atoms with Crippen molar-refractivity contribution in [2.45, 2.75) is 25.7 Å². The first kappa shape index (κ1) is 20.6. The normalized spacial score (nSPS) is 17.0. The zero-order valence-corrected chi connectivity index (χ0v) is 17.3. The number of H-pyrrole nitrogens is 1. The molecule has 8 nitrogen and oxygen atoms in total. The van der Waals surface area contributed by atoms with Crippen molar-refractivity contribution in [3.8, 4) is 5.75 Å². The predicted octanol–water partition coefficient (Wildman–Crippen LogP) is 2.82. The molecule has 0 saturated heterocycles. The first-order valence-electron chi connectivity index (χ1n) is 9.64. The minimum Gasteiger partial charge on any atom is -0.497 e. The Balaban J connectivity index is 1.87. The quantitative estimate of drug-likeness (QED) is 0.608. The van der Waals surface area contributed by atoms with E-state index in [1.165, 1.54) is 12.5 Å². The highest BCUT2D eigenvalue weighted by Gasteiger charge is 2.55. The Morgan fingerprint density at radius 3 is 2.29 bits per heavy atom. The lowest BCUT2D eigenvalue weighted by Gasteiger charge is -2.45. The molecule has 4 rings (SSSR count). The maximum Gasteiger partial charge on any atom is 0.334 e. The highest BCUT2D eigenvalue weighted by atomic mass is 16.7. The fourth-order valence-electron chi connectivity index (χ4n) is 3.82. The molecule has 0 bridgehead atoms. The standard InChI is InChI=1S/C23H22N2O6/c1-22(2,21-30-19(26)8-9-20(27)31-21)23(28,18-12-24-13-25-18)16-6-4-15-11-17(29-3)7-5-14(15)10-16/h4-13,21,28H,1-3H3,(H,24,25). The van der Waals surface area contributed by atoms with E-state index in [-0.39, 0.29) is 0 Å². The summed E-state index contributed by atoms with van der Waals surface area (Å²) in [6.45, 7) is 3.31. The van der Waals surface area contributed by atoms with E-state index in [0.717, 1.165) is 22.9 Å². The molecule has 0 fully saturated rings. The van der Waals surface area contributed by atoms with Gasteiger partial charge < -0.3 is 24.3 Å². The number of benzene rings is 2. The fourth-order valence-corrected chi connectivity index (χ4v) is 3.82. The minimum absolute atomic E-state index is 0.356. The second-order valence-electron chi connectivity index (χ2n) is 7.86. The summed E-state index contributed by atoms with van der Waals surface area (Å²) in [7, 11) is 1.60. The Kier molecular flexibility index (Phi) is 5.02. The molecule has 1 atom stereocenters. The number of carbonyl (C=O) groups excluding carboxylic acids is 2. The second kappa shape index (κ2) is 7.55. The van der Waals surface area contributed by atoms with Crippen molar-refractivity contribution in [3.05, 3.63) is 72.3 Å². The number of carbonyl (C=O) groups is 2. The molecule has 3 aromatic rings. The lowest BCUT2D eigenvalue weighted by atomic mass is 9.68. The molecule has 0 aliphatic carbocycles. The summed E-state index contributed by atoms with van der Waals surface area (Å²) in [5.41, 5.74) is -2.21. The van der Waals surface area contributed by atoms with E-state index in [1.54, 1.807) is 27.0 Å². The number of fused-ring (bicyclic) bond motifs is 1. The van der Waals surface area contributed by atoms with Crippen LogP contribution in [-0.2, 0) is 24.7 Å². The van der Waals surface area contributed by atoms with Gasteiger partial charge in [-0.15, -0.1) is 0 Å². The molecule has 0 spiro atoms. The Morgan fingerprint density at radius 2 is 1.68 bits per heavy atom. The van der Waals surface area contributed by atoms with Crippen molar-refractivity contribution in [2.24, 2.45) is 5.41 Å². The number of aromatic nitrogens is 2. The Labute approximate surface area is 178 Å². The number of aromatic amines is 1. The van der Waals surface area contributed by atoms with Gasteiger partial charge in [0.05, 0.1) is 30.7 Å². The number of hydrogen-bond donors (Lipinski definition) is 2. The minimum atomic E-state index is -1.76. The molecule has 31 heavy (non-hydrogen) atoms. The van der Waals surface area contributed by atoms with Gasteiger partial charge in [-0.3, -0.25) is 0 Å². The number of imidazole rings is 1. The van der Waals surface area contributed by atoms with Gasteiger partial charge in [0.15, 0.2) is 0 Å². The van der Waals surface area contributed by atoms with E-state index in [4.69, 9.17) is 14.2 Å². The molecule has 2 N–H and O–H groups in total. The second-order valence-corrected chi connectivity index (χ2v) is 7.86. The number of cyclic esters (lactones) is 2. The first-order valence-corrected chi connectivity index (χ1v) is 9.64. The van der Waals surface area contributed by atoms with Crippen LogP contribution >= 0.6 is 0 Å². The summed E-state index contributed by atoms with van der Waals surface area (Å²) < 4.78 is 16.0. The van der Waals surface area contributed by atoms with Crippen LogP contribution in [0.25, 0.3) is 10.8 Å². The van der Waals surface area contributed by atoms with Crippen molar-refractivity contribution < 1.29 is 28.9 Å². The van der Waals surface area contributed by atoms with Gasteiger partial charge in [-0.2, -0.15) is 0 Å². The van der Waals surface area contributed by atoms with Gasteiger partial charge >= 0.3 is 11.9 Å². The molecular weight excluding hydrogens is 400 g/mol. The lowest BCUT2D eigenvalue weighted by molar-refractivity contribution is -0.228. The Hall–Kier alpha value is -3.65. The summed E-state index contributed by atoms with van der Waals surface area (Å²) in [6.07, 6.45) is 3.56. The number of rotatable bonds is 5. The number of nitrogens with one attached hydrogen (secondary N) is 1. The average molecular weight is 422 g/mol. The van der Waals surface area contributed by atoms with Crippen LogP contribution in [-0.4, -0.2) is 40.4 Å². The van der Waals surface area contributed by atoms with Crippen molar-refractivity contribution in [2.75, 3.05) is 7.11 Å². The Morgan fingerprint density at radius 1 is 1.03 bits per heavy atom. The highest BCUT2D eigenvalue weighted by Crippen LogP contribution is 2.48. The summed E-state index contributed by atoms with van der Waals surface area (Å²) in [5.74, 6) is -0.753. The van der Waals surface area contributed by atoms with E-state index in [0.29, 0.717) is 17.0 Å². The zero-order valence-electron chi connectivity index (χ0n) is 17.3. The van der Waals surface area contributed by atoms with Gasteiger partial charge in [0.1, 0.15) is 11.4 Å². The van der Waals surface area contributed by atoms with Crippen LogP contribution in [0.2, 0.25) is 0 Å². The molecule has 0 radical (unpaired) electrons. The topological polar surface area (TPSA) is 111 Å². The van der Waals surface area contributed by atoms with Crippen LogP contribution in [0.1, 0.15) is 25.1 Å². The molecule has 0 saturated carbocycles. The van der Waals surface area contributed by atoms with Crippen LogP contribution in [0.4, 0.5) is 0 Å². The van der Waals surface area contributed by atoms with Crippen molar-refractivity contribution in [1.29, 1.82) is 0 Å². The number of ether oxygens (including phenoxy) is 3. The van der Waals surface area contributed by atoms with Crippen LogP contribution in [0.3, 0.4) is 0 Å². The molecule has 1 unspecified atom stereocenters. The van der Waals surface area contributed by atoms with Gasteiger partial charge in [0.2, 0.25) is 0 Å². The van der Waals surface area contributed by atoms with Crippen LogP contribution in [0, 0.1) is 5.41 Å². The zero-order chi connectivity index (χ0) is 22.2. The van der Waals surface area contributed by atoms with Gasteiger partial charge in [-0.25, -0.2) is 14.6 Å². The van der Waals surface area contributed by atoms with Gasteiger partial charge in [0.25, 0.3) is 6.29 Å². The number of esters is 2. The van der Waals surface area contributed by atoms with Gasteiger partial charge in [0, 0.05) is 12.2 Å². The molecule has 2 heterocycles. The Bertz CT molecular complexity index is 1150. The third-order valence-corrected chi connectivity index (χ3v) is 5.68. The van der Waals surface area contributed by atoms with Crippen molar-refractivity contribution in [1.82, 2.24) is 9.97 Å². The SMILES string of the molecule is COc1ccc2cc(C(O)(c3cnc[nH]3)C(C)(C)C3OC(=O)C=CC(=O)O3)ccc2c1. The van der Waals surface area contributed by atoms with E-state index >= 15 is 0 Å². The molecule has 8 heteroatoms. The molecule has 160 valence electrons. The summed E-state index contributed by atoms with van der Waals surface area (Å²) in [5, 5.41) is 13.9. The van der Waals surface area contributed by atoms with E-state index in [9.17, 15) is 14.7 Å². The maximum absolute atomic E-state index is 12.1. The lowest BCUT2D eigenvalue weighted by Crippen LogP contribution is -2.52. The van der Waals surface area contributed by atoms with Crippen molar-refractivity contribution in [3.63, 3.8) is 0 Å². The monoisotopic (exact) mass is 422 g/mol. The van der Waals surface area contributed by atoms with E-state index in [1.807, 2.05) is 30.3 Å². The number of methoxy groups -OCH3 is 1. The van der Waals surface area contributed by atoms with E-state index < -0.39 is 29.2 Å². The smallest absolute Gasteiger partial charge is 0.334 e. The largest absolute Gasteiger partial charge is 0.497 e. The predicted molar refractivity (Wildman–Crippen MR) is 111 cm³/mol.